The normalized spacial score (nSPS) is 11.3. The average Bonchev–Trinajstić information content (AvgIpc) is 3.00. The fourth-order valence-corrected chi connectivity index (χ4v) is 2.91. The molecule has 0 aliphatic heterocycles. The summed E-state index contributed by atoms with van der Waals surface area (Å²) in [5.41, 5.74) is 2.94. The van der Waals surface area contributed by atoms with Gasteiger partial charge in [-0.1, -0.05) is 23.9 Å². The lowest BCUT2D eigenvalue weighted by Gasteiger charge is -2.03. The second-order valence-electron chi connectivity index (χ2n) is 4.18. The molecule has 98 valence electrons. The third kappa shape index (κ3) is 2.35. The lowest BCUT2D eigenvalue weighted by Crippen LogP contribution is -1.95. The van der Waals surface area contributed by atoms with E-state index in [2.05, 4.69) is 28.2 Å². The number of hydrogen-bond acceptors (Lipinski definition) is 5. The minimum absolute atomic E-state index is 0.698. The van der Waals surface area contributed by atoms with Crippen LogP contribution < -0.4 is 0 Å². The van der Waals surface area contributed by atoms with E-state index in [-0.39, 0.29) is 0 Å². The van der Waals surface area contributed by atoms with Crippen molar-refractivity contribution >= 4 is 22.9 Å². The SMILES string of the molecule is CCn1cnnc1SCc1cccc2oc(C)nc12. The third-order valence-corrected chi connectivity index (χ3v) is 3.92. The van der Waals surface area contributed by atoms with Crippen molar-refractivity contribution in [1.29, 1.82) is 0 Å². The number of thioether (sulfide) groups is 1. The zero-order valence-electron chi connectivity index (χ0n) is 10.8. The summed E-state index contributed by atoms with van der Waals surface area (Å²) in [6, 6.07) is 6.01. The van der Waals surface area contributed by atoms with Gasteiger partial charge in [-0.05, 0) is 18.6 Å². The van der Waals surface area contributed by atoms with Gasteiger partial charge in [0.1, 0.15) is 11.8 Å². The van der Waals surface area contributed by atoms with Gasteiger partial charge in [-0.25, -0.2) is 4.98 Å². The molecule has 3 aromatic rings. The van der Waals surface area contributed by atoms with E-state index in [0.29, 0.717) is 5.89 Å². The lowest BCUT2D eigenvalue weighted by atomic mass is 10.2. The maximum atomic E-state index is 5.54. The van der Waals surface area contributed by atoms with Crippen molar-refractivity contribution in [3.05, 3.63) is 36.0 Å². The Labute approximate surface area is 115 Å². The van der Waals surface area contributed by atoms with E-state index in [1.165, 1.54) is 0 Å². The molecule has 0 aliphatic carbocycles. The molecule has 0 unspecified atom stereocenters. The maximum Gasteiger partial charge on any atom is 0.192 e. The Morgan fingerprint density at radius 2 is 2.26 bits per heavy atom. The Hall–Kier alpha value is -1.82. The Bertz CT molecular complexity index is 704. The topological polar surface area (TPSA) is 56.7 Å². The molecule has 0 N–H and O–H groups in total. The number of aryl methyl sites for hydroxylation is 2. The molecule has 6 heteroatoms. The summed E-state index contributed by atoms with van der Waals surface area (Å²) in [6.07, 6.45) is 1.75. The molecule has 19 heavy (non-hydrogen) atoms. The van der Waals surface area contributed by atoms with E-state index < -0.39 is 0 Å². The van der Waals surface area contributed by atoms with E-state index in [1.54, 1.807) is 18.1 Å². The van der Waals surface area contributed by atoms with Crippen molar-refractivity contribution in [3.8, 4) is 0 Å². The van der Waals surface area contributed by atoms with Gasteiger partial charge in [0.25, 0.3) is 0 Å². The highest BCUT2D eigenvalue weighted by Gasteiger charge is 2.09. The van der Waals surface area contributed by atoms with Crippen LogP contribution in [0.5, 0.6) is 0 Å². The number of benzene rings is 1. The Morgan fingerprint density at radius 3 is 3.11 bits per heavy atom. The second-order valence-corrected chi connectivity index (χ2v) is 5.13. The van der Waals surface area contributed by atoms with Gasteiger partial charge < -0.3 is 8.98 Å². The van der Waals surface area contributed by atoms with Crippen molar-refractivity contribution in [2.24, 2.45) is 0 Å². The summed E-state index contributed by atoms with van der Waals surface area (Å²) in [5, 5.41) is 8.98. The van der Waals surface area contributed by atoms with Crippen molar-refractivity contribution in [2.45, 2.75) is 31.3 Å². The van der Waals surface area contributed by atoms with Gasteiger partial charge >= 0.3 is 0 Å². The van der Waals surface area contributed by atoms with E-state index in [1.807, 2.05) is 23.6 Å². The number of rotatable bonds is 4. The number of hydrogen-bond donors (Lipinski definition) is 0. The minimum Gasteiger partial charge on any atom is -0.441 e. The molecule has 0 saturated heterocycles. The van der Waals surface area contributed by atoms with Crippen molar-refractivity contribution < 1.29 is 4.42 Å². The Balaban J connectivity index is 1.85. The van der Waals surface area contributed by atoms with Gasteiger partial charge in [0, 0.05) is 19.2 Å². The number of para-hydroxylation sites is 1. The minimum atomic E-state index is 0.698. The summed E-state index contributed by atoms with van der Waals surface area (Å²) in [6.45, 7) is 4.82. The molecule has 0 bridgehead atoms. The van der Waals surface area contributed by atoms with Crippen LogP contribution in [0.1, 0.15) is 18.4 Å². The average molecular weight is 274 g/mol. The van der Waals surface area contributed by atoms with Crippen LogP contribution in [0, 0.1) is 6.92 Å². The number of nitrogens with zero attached hydrogens (tertiary/aromatic N) is 4. The first-order valence-corrected chi connectivity index (χ1v) is 7.12. The first-order valence-electron chi connectivity index (χ1n) is 6.13. The number of fused-ring (bicyclic) bond motifs is 1. The zero-order chi connectivity index (χ0) is 13.2. The fraction of sp³-hybridized carbons (Fsp3) is 0.308. The van der Waals surface area contributed by atoms with Crippen LogP contribution in [-0.2, 0) is 12.3 Å². The summed E-state index contributed by atoms with van der Waals surface area (Å²) in [7, 11) is 0. The molecule has 0 atom stereocenters. The van der Waals surface area contributed by atoms with Crippen LogP contribution in [0.15, 0.2) is 34.1 Å². The molecule has 0 fully saturated rings. The largest absolute Gasteiger partial charge is 0.441 e. The molecule has 1 aromatic carbocycles. The van der Waals surface area contributed by atoms with Crippen LogP contribution in [-0.4, -0.2) is 19.7 Å². The van der Waals surface area contributed by atoms with E-state index in [0.717, 1.165) is 34.1 Å². The van der Waals surface area contributed by atoms with Crippen LogP contribution in [0.3, 0.4) is 0 Å². The van der Waals surface area contributed by atoms with Crippen LogP contribution >= 0.6 is 11.8 Å². The maximum absolute atomic E-state index is 5.54. The molecular formula is C13H14N4OS. The smallest absolute Gasteiger partial charge is 0.192 e. The first-order chi connectivity index (χ1) is 9.28. The number of aromatic nitrogens is 4. The lowest BCUT2D eigenvalue weighted by molar-refractivity contribution is 0.561. The van der Waals surface area contributed by atoms with Gasteiger partial charge in [-0.2, -0.15) is 0 Å². The van der Waals surface area contributed by atoms with Crippen LogP contribution in [0.25, 0.3) is 11.1 Å². The molecule has 2 heterocycles. The fourth-order valence-electron chi connectivity index (χ4n) is 1.95. The Morgan fingerprint density at radius 1 is 1.37 bits per heavy atom. The van der Waals surface area contributed by atoms with Gasteiger partial charge in [-0.3, -0.25) is 0 Å². The van der Waals surface area contributed by atoms with E-state index in [4.69, 9.17) is 4.42 Å². The van der Waals surface area contributed by atoms with Gasteiger partial charge in [0.15, 0.2) is 16.6 Å². The van der Waals surface area contributed by atoms with Crippen molar-refractivity contribution in [1.82, 2.24) is 19.7 Å². The summed E-state index contributed by atoms with van der Waals surface area (Å²) < 4.78 is 7.56. The number of oxazole rings is 1. The molecule has 2 aromatic heterocycles. The molecule has 0 saturated carbocycles. The molecule has 0 aliphatic rings. The molecular weight excluding hydrogens is 260 g/mol. The van der Waals surface area contributed by atoms with E-state index >= 15 is 0 Å². The molecule has 3 rings (SSSR count). The molecule has 5 nitrogen and oxygen atoms in total. The van der Waals surface area contributed by atoms with Gasteiger partial charge in [0.2, 0.25) is 0 Å². The quantitative estimate of drug-likeness (QED) is 0.684. The van der Waals surface area contributed by atoms with E-state index in [9.17, 15) is 0 Å². The predicted molar refractivity (Wildman–Crippen MR) is 74.0 cm³/mol. The van der Waals surface area contributed by atoms with Crippen LogP contribution in [0.4, 0.5) is 0 Å². The zero-order valence-corrected chi connectivity index (χ0v) is 11.6. The first kappa shape index (κ1) is 12.2. The standard InChI is InChI=1S/C13H14N4OS/c1-3-17-8-14-16-13(17)19-7-10-5-4-6-11-12(10)15-9(2)18-11/h4-6,8H,3,7H2,1-2H3. The molecule has 0 amide bonds. The van der Waals surface area contributed by atoms with Gasteiger partial charge in [0.05, 0.1) is 0 Å². The Kier molecular flexibility index (Phi) is 3.25. The predicted octanol–water partition coefficient (Wildman–Crippen LogP) is 3.04. The van der Waals surface area contributed by atoms with Gasteiger partial charge in [-0.15, -0.1) is 10.2 Å². The van der Waals surface area contributed by atoms with Crippen LogP contribution in [0.2, 0.25) is 0 Å². The highest BCUT2D eigenvalue weighted by molar-refractivity contribution is 7.98. The molecule has 0 spiro atoms. The monoisotopic (exact) mass is 274 g/mol. The molecule has 0 radical (unpaired) electrons. The second kappa shape index (κ2) is 5.05. The summed E-state index contributed by atoms with van der Waals surface area (Å²) in [5.74, 6) is 1.51. The highest BCUT2D eigenvalue weighted by Crippen LogP contribution is 2.26. The van der Waals surface area contributed by atoms with Crippen molar-refractivity contribution in [3.63, 3.8) is 0 Å². The summed E-state index contributed by atoms with van der Waals surface area (Å²) >= 11 is 1.66. The highest BCUT2D eigenvalue weighted by atomic mass is 32.2. The van der Waals surface area contributed by atoms with Crippen molar-refractivity contribution in [2.75, 3.05) is 0 Å². The summed E-state index contributed by atoms with van der Waals surface area (Å²) in [4.78, 5) is 4.43. The third-order valence-electron chi connectivity index (χ3n) is 2.89.